The first kappa shape index (κ1) is 12.2. The maximum absolute atomic E-state index is 5.17. The second-order valence-corrected chi connectivity index (χ2v) is 4.65. The van der Waals surface area contributed by atoms with Gasteiger partial charge in [0.25, 0.3) is 0 Å². The Morgan fingerprint density at radius 1 is 1.42 bits per heavy atom. The first-order valence-electron chi connectivity index (χ1n) is 6.56. The van der Waals surface area contributed by atoms with Crippen LogP contribution in [-0.4, -0.2) is 38.4 Å². The Balaban J connectivity index is 1.98. The summed E-state index contributed by atoms with van der Waals surface area (Å²) >= 11 is 0. The Hall–Kier alpha value is -1.89. The molecule has 0 unspecified atom stereocenters. The molecule has 7 nitrogen and oxygen atoms in total. The summed E-state index contributed by atoms with van der Waals surface area (Å²) < 4.78 is 7.25. The van der Waals surface area contributed by atoms with Crippen molar-refractivity contribution in [2.45, 2.75) is 32.9 Å². The normalized spacial score (nSPS) is 13.5. The van der Waals surface area contributed by atoms with E-state index < -0.39 is 0 Å². The number of hydrogen-bond acceptors (Lipinski definition) is 5. The van der Waals surface area contributed by atoms with Crippen LogP contribution in [0.1, 0.15) is 31.3 Å². The minimum atomic E-state index is 0.470. The fourth-order valence-corrected chi connectivity index (χ4v) is 2.36. The van der Waals surface area contributed by atoms with Crippen molar-refractivity contribution in [3.8, 4) is 0 Å². The van der Waals surface area contributed by atoms with Crippen LogP contribution in [0, 0.1) is 0 Å². The zero-order valence-electron chi connectivity index (χ0n) is 11.3. The van der Waals surface area contributed by atoms with E-state index in [9.17, 15) is 0 Å². The Morgan fingerprint density at radius 2 is 2.32 bits per heavy atom. The third-order valence-electron chi connectivity index (χ3n) is 3.33. The van der Waals surface area contributed by atoms with Gasteiger partial charge in [-0.15, -0.1) is 10.2 Å². The average molecular weight is 262 g/mol. The minimum Gasteiger partial charge on any atom is -0.377 e. The number of imidazole rings is 1. The van der Waals surface area contributed by atoms with Gasteiger partial charge in [0.2, 0.25) is 5.95 Å². The first-order valence-corrected chi connectivity index (χ1v) is 6.56. The largest absolute Gasteiger partial charge is 0.377 e. The number of methoxy groups -OCH3 is 1. The van der Waals surface area contributed by atoms with Crippen LogP contribution >= 0.6 is 0 Å². The van der Waals surface area contributed by atoms with E-state index in [0.717, 1.165) is 49.2 Å². The number of H-pyrrole nitrogens is 1. The van der Waals surface area contributed by atoms with E-state index in [1.165, 1.54) is 0 Å². The number of hydrogen-bond donors (Lipinski definition) is 1. The number of anilines is 2. The van der Waals surface area contributed by atoms with Crippen LogP contribution in [0.5, 0.6) is 0 Å². The minimum absolute atomic E-state index is 0.470. The molecule has 0 atom stereocenters. The third kappa shape index (κ3) is 1.99. The maximum atomic E-state index is 5.17. The van der Waals surface area contributed by atoms with Crippen LogP contribution in [0.15, 0.2) is 6.33 Å². The van der Waals surface area contributed by atoms with Crippen LogP contribution in [0.4, 0.5) is 11.8 Å². The molecule has 1 aliphatic heterocycles. The fourth-order valence-electron chi connectivity index (χ4n) is 2.36. The first-order chi connectivity index (χ1) is 9.35. The highest BCUT2D eigenvalue weighted by atomic mass is 16.5. The molecule has 0 fully saturated rings. The molecule has 19 heavy (non-hydrogen) atoms. The number of nitrogens with one attached hydrogen (secondary N) is 1. The van der Waals surface area contributed by atoms with Gasteiger partial charge in [-0.05, 0) is 6.42 Å². The molecule has 1 N–H and O–H groups in total. The van der Waals surface area contributed by atoms with Crippen LogP contribution < -0.4 is 4.90 Å². The molecule has 3 rings (SSSR count). The molecular formula is C12H18N6O. The molecular weight excluding hydrogens is 244 g/mol. The number of rotatable bonds is 5. The van der Waals surface area contributed by atoms with E-state index in [2.05, 4.69) is 36.6 Å². The smallest absolute Gasteiger partial charge is 0.233 e. The molecule has 0 bridgehead atoms. The molecule has 0 spiro atoms. The average Bonchev–Trinajstić information content (AvgIpc) is 3.03. The molecule has 102 valence electrons. The quantitative estimate of drug-likeness (QED) is 0.883. The van der Waals surface area contributed by atoms with Crippen molar-refractivity contribution in [2.75, 3.05) is 18.6 Å². The summed E-state index contributed by atoms with van der Waals surface area (Å²) in [5, 5.41) is 8.51. The predicted octanol–water partition coefficient (Wildman–Crippen LogP) is 1.45. The number of aromatic amines is 1. The van der Waals surface area contributed by atoms with Crippen molar-refractivity contribution in [3.05, 3.63) is 17.8 Å². The standard InChI is InChI=1S/C12H18N6O/c1-3-4-5-17-11-9(13-8-14-11)6-18-10(7-19-2)15-16-12(17)18/h8H,3-7H2,1-2H3,(H,13,14). The molecule has 7 heteroatoms. The highest BCUT2D eigenvalue weighted by molar-refractivity contribution is 5.58. The van der Waals surface area contributed by atoms with Crippen LogP contribution in [0.3, 0.4) is 0 Å². The lowest BCUT2D eigenvalue weighted by atomic mass is 10.2. The van der Waals surface area contributed by atoms with Gasteiger partial charge in [-0.3, -0.25) is 9.47 Å². The molecule has 2 aromatic rings. The molecule has 0 aliphatic carbocycles. The number of unbranched alkanes of at least 4 members (excludes halogenated alkanes) is 1. The summed E-state index contributed by atoms with van der Waals surface area (Å²) in [5.74, 6) is 2.68. The van der Waals surface area contributed by atoms with Crippen molar-refractivity contribution >= 4 is 11.8 Å². The van der Waals surface area contributed by atoms with Crippen LogP contribution in [0.2, 0.25) is 0 Å². The number of ether oxygens (including phenoxy) is 1. The highest BCUT2D eigenvalue weighted by Crippen LogP contribution is 2.31. The lowest BCUT2D eigenvalue weighted by Gasteiger charge is -2.27. The van der Waals surface area contributed by atoms with Gasteiger partial charge in [0.1, 0.15) is 6.61 Å². The lowest BCUT2D eigenvalue weighted by molar-refractivity contribution is 0.174. The summed E-state index contributed by atoms with van der Waals surface area (Å²) in [6, 6.07) is 0. The maximum Gasteiger partial charge on any atom is 0.233 e. The third-order valence-corrected chi connectivity index (χ3v) is 3.33. The molecule has 0 saturated carbocycles. The molecule has 3 heterocycles. The Bertz CT molecular complexity index is 560. The molecule has 0 saturated heterocycles. The predicted molar refractivity (Wildman–Crippen MR) is 70.3 cm³/mol. The van der Waals surface area contributed by atoms with Crippen LogP contribution in [-0.2, 0) is 17.9 Å². The van der Waals surface area contributed by atoms with Crippen molar-refractivity contribution in [3.63, 3.8) is 0 Å². The zero-order chi connectivity index (χ0) is 13.2. The SMILES string of the molecule is CCCCN1c2nc[nH]c2Cn2c(COC)nnc21. The zero-order valence-corrected chi connectivity index (χ0v) is 11.3. The molecule has 0 radical (unpaired) electrons. The van der Waals surface area contributed by atoms with Gasteiger partial charge in [0.05, 0.1) is 18.6 Å². The molecule has 2 aromatic heterocycles. The highest BCUT2D eigenvalue weighted by Gasteiger charge is 2.28. The number of aromatic nitrogens is 5. The van der Waals surface area contributed by atoms with Gasteiger partial charge in [0, 0.05) is 13.7 Å². The van der Waals surface area contributed by atoms with E-state index in [-0.39, 0.29) is 0 Å². The van der Waals surface area contributed by atoms with Crippen molar-refractivity contribution in [1.82, 2.24) is 24.7 Å². The summed E-state index contributed by atoms with van der Waals surface area (Å²) in [4.78, 5) is 9.73. The van der Waals surface area contributed by atoms with Crippen LogP contribution in [0.25, 0.3) is 0 Å². The topological polar surface area (TPSA) is 71.9 Å². The summed E-state index contributed by atoms with van der Waals surface area (Å²) in [6.07, 6.45) is 3.97. The van der Waals surface area contributed by atoms with Gasteiger partial charge in [-0.1, -0.05) is 13.3 Å². The van der Waals surface area contributed by atoms with Gasteiger partial charge in [-0.2, -0.15) is 0 Å². The van der Waals surface area contributed by atoms with Crippen molar-refractivity contribution in [1.29, 1.82) is 0 Å². The Kier molecular flexibility index (Phi) is 3.20. The molecule has 0 aromatic carbocycles. The van der Waals surface area contributed by atoms with E-state index in [0.29, 0.717) is 6.61 Å². The number of fused-ring (bicyclic) bond motifs is 2. The Labute approximate surface area is 111 Å². The fraction of sp³-hybridized carbons (Fsp3) is 0.583. The summed E-state index contributed by atoms with van der Waals surface area (Å²) in [5.41, 5.74) is 1.10. The van der Waals surface area contributed by atoms with Crippen molar-refractivity contribution < 1.29 is 4.74 Å². The summed E-state index contributed by atoms with van der Waals surface area (Å²) in [7, 11) is 1.67. The second-order valence-electron chi connectivity index (χ2n) is 4.65. The van der Waals surface area contributed by atoms with Gasteiger partial charge in [-0.25, -0.2) is 4.98 Å². The molecule has 1 aliphatic rings. The van der Waals surface area contributed by atoms with Gasteiger partial charge >= 0.3 is 0 Å². The van der Waals surface area contributed by atoms with E-state index >= 15 is 0 Å². The van der Waals surface area contributed by atoms with Crippen molar-refractivity contribution in [2.24, 2.45) is 0 Å². The number of nitrogens with zero attached hydrogens (tertiary/aromatic N) is 5. The van der Waals surface area contributed by atoms with Gasteiger partial charge in [0.15, 0.2) is 11.6 Å². The summed E-state index contributed by atoms with van der Waals surface area (Å²) in [6.45, 7) is 4.27. The monoisotopic (exact) mass is 262 g/mol. The molecule has 0 amide bonds. The lowest BCUT2D eigenvalue weighted by Crippen LogP contribution is -2.28. The van der Waals surface area contributed by atoms with Gasteiger partial charge < -0.3 is 9.72 Å². The second kappa shape index (κ2) is 5.00. The Morgan fingerprint density at radius 3 is 3.11 bits per heavy atom. The van der Waals surface area contributed by atoms with E-state index in [4.69, 9.17) is 4.74 Å². The van der Waals surface area contributed by atoms with E-state index in [1.54, 1.807) is 13.4 Å². The van der Waals surface area contributed by atoms with E-state index in [1.807, 2.05) is 0 Å².